The van der Waals surface area contributed by atoms with Crippen molar-refractivity contribution in [3.05, 3.63) is 65.2 Å². The van der Waals surface area contributed by atoms with Crippen molar-refractivity contribution in [2.75, 3.05) is 6.61 Å². The molecule has 0 aromatic heterocycles. The molecule has 0 N–H and O–H groups in total. The maximum absolute atomic E-state index is 6.09. The highest BCUT2D eigenvalue weighted by molar-refractivity contribution is 7.42. The van der Waals surface area contributed by atoms with Crippen molar-refractivity contribution < 1.29 is 13.6 Å². The molecule has 0 aliphatic heterocycles. The van der Waals surface area contributed by atoms with Gasteiger partial charge in [0, 0.05) is 0 Å². The molecule has 2 atom stereocenters. The summed E-state index contributed by atoms with van der Waals surface area (Å²) in [5, 5.41) is 0. The van der Waals surface area contributed by atoms with Crippen molar-refractivity contribution in [3.8, 4) is 5.75 Å². The van der Waals surface area contributed by atoms with Crippen LogP contribution < -0.4 is 4.52 Å². The standard InChI is InChI=1S/C29H45O3P/c1-5-6-7-8-9-11-16-25(2)17-14-15-22-30-33(32-29-18-12-10-13-19-29)31-24-28-21-20-26(3)23-27(28)4/h10,12-13,18-21,23,25H,5-9,11,14-17,22,24H2,1-4H3. The van der Waals surface area contributed by atoms with Crippen molar-refractivity contribution in [2.24, 2.45) is 5.92 Å². The van der Waals surface area contributed by atoms with Crippen LogP contribution in [0.3, 0.4) is 0 Å². The minimum Gasteiger partial charge on any atom is -0.427 e. The lowest BCUT2D eigenvalue weighted by Crippen LogP contribution is -2.02. The van der Waals surface area contributed by atoms with Gasteiger partial charge in [-0.25, -0.2) is 0 Å². The van der Waals surface area contributed by atoms with E-state index in [1.165, 1.54) is 74.5 Å². The Balaban J connectivity index is 1.69. The number of aryl methyl sites for hydroxylation is 2. The maximum atomic E-state index is 6.09. The summed E-state index contributed by atoms with van der Waals surface area (Å²) in [7, 11) is -1.43. The Morgan fingerprint density at radius 2 is 1.48 bits per heavy atom. The predicted molar refractivity (Wildman–Crippen MR) is 142 cm³/mol. The SMILES string of the molecule is CCCCCCCCC(C)CCCCOP(OCc1ccc(C)cc1C)Oc1ccccc1. The summed E-state index contributed by atoms with van der Waals surface area (Å²) in [5.41, 5.74) is 3.68. The summed E-state index contributed by atoms with van der Waals surface area (Å²) in [4.78, 5) is 0. The van der Waals surface area contributed by atoms with E-state index in [9.17, 15) is 0 Å². The second kappa shape index (κ2) is 17.1. The molecule has 0 saturated carbocycles. The van der Waals surface area contributed by atoms with Gasteiger partial charge in [0.2, 0.25) is 0 Å². The summed E-state index contributed by atoms with van der Waals surface area (Å²) in [6, 6.07) is 16.3. The van der Waals surface area contributed by atoms with Gasteiger partial charge in [0.15, 0.2) is 0 Å². The van der Waals surface area contributed by atoms with E-state index in [1.54, 1.807) is 0 Å². The van der Waals surface area contributed by atoms with Crippen molar-refractivity contribution >= 4 is 8.60 Å². The number of para-hydroxylation sites is 1. The average Bonchev–Trinajstić information content (AvgIpc) is 2.81. The molecule has 0 radical (unpaired) electrons. The monoisotopic (exact) mass is 472 g/mol. The fourth-order valence-corrected chi connectivity index (χ4v) is 4.94. The molecule has 0 fully saturated rings. The molecule has 3 nitrogen and oxygen atoms in total. The largest absolute Gasteiger partial charge is 0.427 e. The summed E-state index contributed by atoms with van der Waals surface area (Å²) in [6.45, 7) is 10.1. The molecule has 2 aromatic rings. The van der Waals surface area contributed by atoms with Crippen LogP contribution in [0.5, 0.6) is 5.75 Å². The molecule has 0 aliphatic rings. The fourth-order valence-electron chi connectivity index (χ4n) is 3.94. The topological polar surface area (TPSA) is 27.7 Å². The van der Waals surface area contributed by atoms with E-state index in [1.807, 2.05) is 30.3 Å². The van der Waals surface area contributed by atoms with Crippen LogP contribution in [0, 0.1) is 19.8 Å². The van der Waals surface area contributed by atoms with Crippen LogP contribution in [0.1, 0.15) is 94.7 Å². The molecule has 2 rings (SSSR count). The van der Waals surface area contributed by atoms with Gasteiger partial charge in [-0.1, -0.05) is 114 Å². The third-order valence-electron chi connectivity index (χ3n) is 6.09. The van der Waals surface area contributed by atoms with Gasteiger partial charge < -0.3 is 9.05 Å². The maximum Gasteiger partial charge on any atom is 0.397 e. The first-order chi connectivity index (χ1) is 16.1. The zero-order valence-corrected chi connectivity index (χ0v) is 22.2. The minimum atomic E-state index is -1.43. The van der Waals surface area contributed by atoms with Gasteiger partial charge in [-0.2, -0.15) is 0 Å². The van der Waals surface area contributed by atoms with E-state index in [2.05, 4.69) is 45.9 Å². The van der Waals surface area contributed by atoms with E-state index in [0.29, 0.717) is 13.2 Å². The molecule has 2 aromatic carbocycles. The molecule has 0 bridgehead atoms. The Morgan fingerprint density at radius 1 is 0.788 bits per heavy atom. The molecule has 33 heavy (non-hydrogen) atoms. The molecule has 0 aliphatic carbocycles. The van der Waals surface area contributed by atoms with Gasteiger partial charge in [-0.15, -0.1) is 0 Å². The molecular formula is C29H45O3P. The van der Waals surface area contributed by atoms with Crippen molar-refractivity contribution in [1.82, 2.24) is 0 Å². The molecule has 4 heteroatoms. The predicted octanol–water partition coefficient (Wildman–Crippen LogP) is 9.70. The van der Waals surface area contributed by atoms with Crippen molar-refractivity contribution in [2.45, 2.75) is 98.5 Å². The van der Waals surface area contributed by atoms with Gasteiger partial charge in [0.25, 0.3) is 0 Å². The highest BCUT2D eigenvalue weighted by Crippen LogP contribution is 2.42. The van der Waals surface area contributed by atoms with Gasteiger partial charge in [-0.05, 0) is 49.4 Å². The van der Waals surface area contributed by atoms with Crippen LogP contribution in [-0.2, 0) is 15.7 Å². The Bertz CT molecular complexity index is 750. The lowest BCUT2D eigenvalue weighted by atomic mass is 9.97. The Morgan fingerprint density at radius 3 is 2.21 bits per heavy atom. The number of hydrogen-bond acceptors (Lipinski definition) is 3. The smallest absolute Gasteiger partial charge is 0.397 e. The first-order valence-electron chi connectivity index (χ1n) is 12.9. The van der Waals surface area contributed by atoms with E-state index < -0.39 is 8.60 Å². The van der Waals surface area contributed by atoms with Crippen LogP contribution in [0.4, 0.5) is 0 Å². The number of rotatable bonds is 18. The highest BCUT2D eigenvalue weighted by atomic mass is 31.2. The van der Waals surface area contributed by atoms with Crippen LogP contribution >= 0.6 is 8.60 Å². The summed E-state index contributed by atoms with van der Waals surface area (Å²) in [5.74, 6) is 1.59. The lowest BCUT2D eigenvalue weighted by Gasteiger charge is -2.18. The highest BCUT2D eigenvalue weighted by Gasteiger charge is 2.16. The van der Waals surface area contributed by atoms with Crippen LogP contribution in [0.25, 0.3) is 0 Å². The first kappa shape index (κ1) is 27.8. The third kappa shape index (κ3) is 12.6. The normalized spacial score (nSPS) is 13.1. The molecule has 0 spiro atoms. The number of benzene rings is 2. The minimum absolute atomic E-state index is 0.500. The second-order valence-electron chi connectivity index (χ2n) is 9.32. The summed E-state index contributed by atoms with van der Waals surface area (Å²) < 4.78 is 18.2. The quantitative estimate of drug-likeness (QED) is 0.160. The molecule has 184 valence electrons. The third-order valence-corrected chi connectivity index (χ3v) is 7.18. The van der Waals surface area contributed by atoms with E-state index in [0.717, 1.165) is 18.1 Å². The first-order valence-corrected chi connectivity index (χ1v) is 14.0. The van der Waals surface area contributed by atoms with Crippen LogP contribution in [0.2, 0.25) is 0 Å². The van der Waals surface area contributed by atoms with Crippen molar-refractivity contribution in [3.63, 3.8) is 0 Å². The molecule has 0 saturated heterocycles. The lowest BCUT2D eigenvalue weighted by molar-refractivity contribution is 0.194. The summed E-state index contributed by atoms with van der Waals surface area (Å²) in [6.07, 6.45) is 13.2. The van der Waals surface area contributed by atoms with Gasteiger partial charge >= 0.3 is 8.60 Å². The number of hydrogen-bond donors (Lipinski definition) is 0. The van der Waals surface area contributed by atoms with Crippen LogP contribution in [0.15, 0.2) is 48.5 Å². The summed E-state index contributed by atoms with van der Waals surface area (Å²) >= 11 is 0. The van der Waals surface area contributed by atoms with E-state index >= 15 is 0 Å². The molecular weight excluding hydrogens is 427 g/mol. The van der Waals surface area contributed by atoms with E-state index in [4.69, 9.17) is 13.6 Å². The van der Waals surface area contributed by atoms with Gasteiger partial charge in [0.1, 0.15) is 5.75 Å². The zero-order valence-electron chi connectivity index (χ0n) is 21.4. The van der Waals surface area contributed by atoms with E-state index in [-0.39, 0.29) is 0 Å². The van der Waals surface area contributed by atoms with Gasteiger partial charge in [0.05, 0.1) is 13.2 Å². The second-order valence-corrected chi connectivity index (χ2v) is 10.5. The average molecular weight is 473 g/mol. The number of unbranched alkanes of at least 4 members (excludes halogenated alkanes) is 6. The Hall–Kier alpha value is -1.41. The fraction of sp³-hybridized carbons (Fsp3) is 0.586. The zero-order chi connectivity index (χ0) is 23.7. The molecule has 0 heterocycles. The van der Waals surface area contributed by atoms with Crippen molar-refractivity contribution in [1.29, 1.82) is 0 Å². The Kier molecular flexibility index (Phi) is 14.4. The molecule has 0 amide bonds. The Labute approximate surface area is 204 Å². The van der Waals surface area contributed by atoms with Gasteiger partial charge in [-0.3, -0.25) is 4.52 Å². The molecule has 2 unspecified atom stereocenters. The van der Waals surface area contributed by atoms with Crippen LogP contribution in [-0.4, -0.2) is 6.61 Å².